The molecular formula is C10H14N2O2. The first-order chi connectivity index (χ1) is 6.46. The third-order valence-corrected chi connectivity index (χ3v) is 1.79. The van der Waals surface area contributed by atoms with Crippen LogP contribution in [0.5, 0.6) is 5.88 Å². The van der Waals surface area contributed by atoms with Gasteiger partial charge in [0, 0.05) is 6.20 Å². The van der Waals surface area contributed by atoms with Crippen LogP contribution in [-0.4, -0.2) is 23.4 Å². The summed E-state index contributed by atoms with van der Waals surface area (Å²) in [6.07, 6.45) is 1.57. The quantitative estimate of drug-likeness (QED) is 0.729. The molecule has 1 aromatic heterocycles. The summed E-state index contributed by atoms with van der Waals surface area (Å²) in [7, 11) is 1.47. The molecule has 0 aliphatic carbocycles. The highest BCUT2D eigenvalue weighted by atomic mass is 16.5. The molecule has 1 rings (SSSR count). The number of methoxy groups -OCH3 is 1. The molecule has 0 aromatic carbocycles. The van der Waals surface area contributed by atoms with E-state index >= 15 is 0 Å². The molecule has 0 radical (unpaired) electrons. The summed E-state index contributed by atoms with van der Waals surface area (Å²) >= 11 is 0. The van der Waals surface area contributed by atoms with Crippen LogP contribution in [0.25, 0.3) is 0 Å². The van der Waals surface area contributed by atoms with Gasteiger partial charge in [-0.1, -0.05) is 0 Å². The van der Waals surface area contributed by atoms with Crippen molar-refractivity contribution in [3.05, 3.63) is 23.9 Å². The largest absolute Gasteiger partial charge is 0.480 e. The number of aromatic nitrogens is 1. The van der Waals surface area contributed by atoms with Crippen molar-refractivity contribution in [1.82, 2.24) is 4.98 Å². The predicted molar refractivity (Wildman–Crippen MR) is 53.4 cm³/mol. The average molecular weight is 194 g/mol. The molecule has 0 saturated heterocycles. The lowest BCUT2D eigenvalue weighted by Crippen LogP contribution is -2.41. The van der Waals surface area contributed by atoms with E-state index in [1.807, 2.05) is 0 Å². The minimum absolute atomic E-state index is 0.178. The molecule has 0 saturated carbocycles. The second kappa shape index (κ2) is 3.75. The molecule has 1 aromatic rings. The van der Waals surface area contributed by atoms with Crippen molar-refractivity contribution in [2.45, 2.75) is 19.4 Å². The Morgan fingerprint density at radius 3 is 2.71 bits per heavy atom. The van der Waals surface area contributed by atoms with E-state index in [1.54, 1.807) is 32.2 Å². The number of hydrogen-bond donors (Lipinski definition) is 1. The number of carbonyl (C=O) groups excluding carboxylic acids is 1. The molecule has 0 fully saturated rings. The van der Waals surface area contributed by atoms with Gasteiger partial charge in [0.05, 0.1) is 18.2 Å². The molecule has 0 amide bonds. The molecule has 4 nitrogen and oxygen atoms in total. The van der Waals surface area contributed by atoms with Crippen LogP contribution in [-0.2, 0) is 0 Å². The van der Waals surface area contributed by atoms with Crippen LogP contribution < -0.4 is 10.5 Å². The standard InChI is InChI=1S/C10H14N2O2/c1-10(2,11)8(13)7-5-4-6-12-9(7)14-3/h4-6H,11H2,1-3H3. The van der Waals surface area contributed by atoms with Crippen molar-refractivity contribution in [1.29, 1.82) is 0 Å². The number of nitrogens with zero attached hydrogens (tertiary/aromatic N) is 1. The lowest BCUT2D eigenvalue weighted by Gasteiger charge is -2.17. The summed E-state index contributed by atoms with van der Waals surface area (Å²) in [6.45, 7) is 3.31. The minimum atomic E-state index is -0.906. The Morgan fingerprint density at radius 1 is 1.57 bits per heavy atom. The molecule has 0 atom stereocenters. The third kappa shape index (κ3) is 2.09. The zero-order valence-electron chi connectivity index (χ0n) is 8.57. The number of ether oxygens (including phenoxy) is 1. The van der Waals surface area contributed by atoms with Gasteiger partial charge in [0.15, 0.2) is 5.78 Å². The smallest absolute Gasteiger partial charge is 0.224 e. The van der Waals surface area contributed by atoms with E-state index in [-0.39, 0.29) is 5.78 Å². The zero-order valence-corrected chi connectivity index (χ0v) is 8.57. The summed E-state index contributed by atoms with van der Waals surface area (Å²) in [4.78, 5) is 15.7. The second-order valence-electron chi connectivity index (χ2n) is 3.61. The van der Waals surface area contributed by atoms with Gasteiger partial charge in [-0.3, -0.25) is 4.79 Å². The second-order valence-corrected chi connectivity index (χ2v) is 3.61. The molecule has 0 spiro atoms. The van der Waals surface area contributed by atoms with Crippen molar-refractivity contribution in [2.24, 2.45) is 5.73 Å². The summed E-state index contributed by atoms with van der Waals surface area (Å²) in [6, 6.07) is 3.34. The normalized spacial score (nSPS) is 11.1. The van der Waals surface area contributed by atoms with Crippen molar-refractivity contribution >= 4 is 5.78 Å². The monoisotopic (exact) mass is 194 g/mol. The fourth-order valence-corrected chi connectivity index (χ4v) is 1.07. The Morgan fingerprint density at radius 2 is 2.21 bits per heavy atom. The van der Waals surface area contributed by atoms with Gasteiger partial charge >= 0.3 is 0 Å². The molecule has 0 unspecified atom stereocenters. The Kier molecular flexibility index (Phi) is 2.86. The summed E-state index contributed by atoms with van der Waals surface area (Å²) in [5, 5.41) is 0. The number of rotatable bonds is 3. The van der Waals surface area contributed by atoms with Gasteiger partial charge < -0.3 is 10.5 Å². The molecular weight excluding hydrogens is 180 g/mol. The lowest BCUT2D eigenvalue weighted by molar-refractivity contribution is 0.0909. The number of hydrogen-bond acceptors (Lipinski definition) is 4. The van der Waals surface area contributed by atoms with Gasteiger partial charge in [-0.2, -0.15) is 0 Å². The minimum Gasteiger partial charge on any atom is -0.480 e. The number of Topliss-reactive ketones (excluding diaryl/α,β-unsaturated/α-hetero) is 1. The Hall–Kier alpha value is -1.42. The van der Waals surface area contributed by atoms with Crippen molar-refractivity contribution in [3.63, 3.8) is 0 Å². The first-order valence-corrected chi connectivity index (χ1v) is 4.29. The van der Waals surface area contributed by atoms with Crippen molar-refractivity contribution in [2.75, 3.05) is 7.11 Å². The van der Waals surface area contributed by atoms with E-state index in [0.29, 0.717) is 11.4 Å². The number of nitrogens with two attached hydrogens (primary N) is 1. The SMILES string of the molecule is COc1ncccc1C(=O)C(C)(C)N. The molecule has 14 heavy (non-hydrogen) atoms. The van der Waals surface area contributed by atoms with Crippen LogP contribution in [0, 0.1) is 0 Å². The van der Waals surface area contributed by atoms with Crippen LogP contribution >= 0.6 is 0 Å². The fraction of sp³-hybridized carbons (Fsp3) is 0.400. The highest BCUT2D eigenvalue weighted by molar-refractivity contribution is 6.04. The van der Waals surface area contributed by atoms with E-state index in [1.165, 1.54) is 7.11 Å². The van der Waals surface area contributed by atoms with Crippen molar-refractivity contribution < 1.29 is 9.53 Å². The van der Waals surface area contributed by atoms with Crippen LogP contribution in [0.15, 0.2) is 18.3 Å². The van der Waals surface area contributed by atoms with Crippen molar-refractivity contribution in [3.8, 4) is 5.88 Å². The number of ketones is 1. The average Bonchev–Trinajstić information content (AvgIpc) is 2.15. The molecule has 2 N–H and O–H groups in total. The molecule has 0 aliphatic heterocycles. The number of pyridine rings is 1. The summed E-state index contributed by atoms with van der Waals surface area (Å²) < 4.78 is 4.97. The van der Waals surface area contributed by atoms with Crippen LogP contribution in [0.1, 0.15) is 24.2 Å². The maximum absolute atomic E-state index is 11.8. The highest BCUT2D eigenvalue weighted by Gasteiger charge is 2.26. The Labute approximate surface area is 83.1 Å². The molecule has 4 heteroatoms. The van der Waals surface area contributed by atoms with E-state index in [2.05, 4.69) is 4.98 Å². The predicted octanol–water partition coefficient (Wildman–Crippen LogP) is 1.01. The molecule has 0 bridgehead atoms. The summed E-state index contributed by atoms with van der Waals surface area (Å²) in [5.74, 6) is 0.137. The van der Waals surface area contributed by atoms with Gasteiger partial charge in [-0.05, 0) is 26.0 Å². The number of carbonyl (C=O) groups is 1. The topological polar surface area (TPSA) is 65.2 Å². The van der Waals surface area contributed by atoms with Crippen LogP contribution in [0.4, 0.5) is 0 Å². The van der Waals surface area contributed by atoms with E-state index in [0.717, 1.165) is 0 Å². The molecule has 1 heterocycles. The van der Waals surface area contributed by atoms with Gasteiger partial charge in [0.25, 0.3) is 0 Å². The van der Waals surface area contributed by atoms with Crippen LogP contribution in [0.2, 0.25) is 0 Å². The van der Waals surface area contributed by atoms with Crippen LogP contribution in [0.3, 0.4) is 0 Å². The Balaban J connectivity index is 3.13. The van der Waals surface area contributed by atoms with E-state index < -0.39 is 5.54 Å². The van der Waals surface area contributed by atoms with Gasteiger partial charge in [-0.15, -0.1) is 0 Å². The van der Waals surface area contributed by atoms with Gasteiger partial charge in [0.2, 0.25) is 5.88 Å². The zero-order chi connectivity index (χ0) is 10.8. The Bertz CT molecular complexity index is 342. The van der Waals surface area contributed by atoms with E-state index in [4.69, 9.17) is 10.5 Å². The molecule has 0 aliphatic rings. The molecule has 76 valence electrons. The highest BCUT2D eigenvalue weighted by Crippen LogP contribution is 2.18. The maximum atomic E-state index is 11.8. The first kappa shape index (κ1) is 10.7. The summed E-state index contributed by atoms with van der Waals surface area (Å²) in [5.41, 5.74) is 5.21. The van der Waals surface area contributed by atoms with E-state index in [9.17, 15) is 4.79 Å². The first-order valence-electron chi connectivity index (χ1n) is 4.29. The fourth-order valence-electron chi connectivity index (χ4n) is 1.07. The lowest BCUT2D eigenvalue weighted by atomic mass is 9.95. The van der Waals surface area contributed by atoms with Gasteiger partial charge in [0.1, 0.15) is 0 Å². The maximum Gasteiger partial charge on any atom is 0.224 e. The van der Waals surface area contributed by atoms with Gasteiger partial charge in [-0.25, -0.2) is 4.98 Å². The third-order valence-electron chi connectivity index (χ3n) is 1.79.